The highest BCUT2D eigenvalue weighted by atomic mass is 16.3. The Labute approximate surface area is 161 Å². The molecule has 0 aliphatic carbocycles. The number of rotatable bonds is 3. The van der Waals surface area contributed by atoms with Gasteiger partial charge in [-0.05, 0) is 54.8 Å². The summed E-state index contributed by atoms with van der Waals surface area (Å²) < 4.78 is 7.08. The van der Waals surface area contributed by atoms with E-state index in [2.05, 4.69) is 4.98 Å². The number of likely N-dealkylation sites (tertiary alicyclic amines) is 1. The Morgan fingerprint density at radius 3 is 2.82 bits per heavy atom. The molecule has 0 saturated carbocycles. The third kappa shape index (κ3) is 3.05. The van der Waals surface area contributed by atoms with E-state index in [1.54, 1.807) is 24.5 Å². The second-order valence-electron chi connectivity index (χ2n) is 6.99. The summed E-state index contributed by atoms with van der Waals surface area (Å²) in [5.74, 6) is 1.21. The minimum Gasteiger partial charge on any atom is -0.459 e. The molecule has 7 nitrogen and oxygen atoms in total. The van der Waals surface area contributed by atoms with E-state index in [1.807, 2.05) is 39.9 Å². The zero-order valence-corrected chi connectivity index (χ0v) is 15.2. The molecule has 0 N–H and O–H groups in total. The highest BCUT2D eigenvalue weighted by Crippen LogP contribution is 2.27. The van der Waals surface area contributed by atoms with Crippen LogP contribution in [0.2, 0.25) is 0 Å². The molecule has 0 bridgehead atoms. The smallest absolute Gasteiger partial charge is 0.289 e. The van der Waals surface area contributed by atoms with Crippen molar-refractivity contribution in [3.63, 3.8) is 0 Å². The Morgan fingerprint density at radius 1 is 1.11 bits per heavy atom. The van der Waals surface area contributed by atoms with E-state index in [-0.39, 0.29) is 11.8 Å². The predicted molar refractivity (Wildman–Crippen MR) is 103 cm³/mol. The maximum absolute atomic E-state index is 12.6. The third-order valence-corrected chi connectivity index (χ3v) is 5.17. The van der Waals surface area contributed by atoms with Crippen molar-refractivity contribution in [2.75, 3.05) is 13.1 Å². The zero-order valence-electron chi connectivity index (χ0n) is 15.2. The average Bonchev–Trinajstić information content (AvgIpc) is 3.43. The van der Waals surface area contributed by atoms with Crippen molar-refractivity contribution >= 4 is 11.6 Å². The lowest BCUT2D eigenvalue weighted by Crippen LogP contribution is -2.39. The molecule has 0 aromatic carbocycles. The minimum atomic E-state index is -0.0709. The molecule has 1 amide bonds. The number of carbonyl (C=O) groups is 1. The number of pyridine rings is 2. The van der Waals surface area contributed by atoms with Crippen molar-refractivity contribution in [1.82, 2.24) is 24.5 Å². The molecule has 7 heteroatoms. The van der Waals surface area contributed by atoms with Crippen molar-refractivity contribution in [3.8, 4) is 11.1 Å². The van der Waals surface area contributed by atoms with E-state index >= 15 is 0 Å². The topological polar surface area (TPSA) is 76.5 Å². The molecule has 1 atom stereocenters. The van der Waals surface area contributed by atoms with Gasteiger partial charge >= 0.3 is 0 Å². The molecule has 1 saturated heterocycles. The summed E-state index contributed by atoms with van der Waals surface area (Å²) in [7, 11) is 0. The molecule has 140 valence electrons. The second kappa shape index (κ2) is 6.92. The summed E-state index contributed by atoms with van der Waals surface area (Å²) in [5, 5.41) is 4.71. The maximum atomic E-state index is 12.6. The fourth-order valence-corrected chi connectivity index (χ4v) is 3.72. The van der Waals surface area contributed by atoms with E-state index in [4.69, 9.17) is 14.5 Å². The number of piperidine rings is 1. The third-order valence-electron chi connectivity index (χ3n) is 5.17. The van der Waals surface area contributed by atoms with E-state index in [0.717, 1.165) is 42.0 Å². The second-order valence-corrected chi connectivity index (χ2v) is 6.99. The van der Waals surface area contributed by atoms with Gasteiger partial charge in [0.05, 0.1) is 6.26 Å². The standard InChI is InChI=1S/C21H19N5O2/c27-21(18-4-2-12-28-18)25-11-1-3-17(13-25)20-23-19-6-5-16(14-26(19)24-20)15-7-9-22-10-8-15/h2,4-10,12,14,17H,1,3,11,13H2/t17-/m1/s1. The minimum absolute atomic E-state index is 0.0709. The molecule has 4 aromatic rings. The Balaban J connectivity index is 1.40. The van der Waals surface area contributed by atoms with Gasteiger partial charge in [0.15, 0.2) is 17.2 Å². The van der Waals surface area contributed by atoms with Gasteiger partial charge < -0.3 is 9.32 Å². The van der Waals surface area contributed by atoms with Crippen LogP contribution in [0.25, 0.3) is 16.8 Å². The van der Waals surface area contributed by atoms with Crippen LogP contribution in [-0.2, 0) is 0 Å². The van der Waals surface area contributed by atoms with Crippen molar-refractivity contribution < 1.29 is 9.21 Å². The molecular weight excluding hydrogens is 354 g/mol. The van der Waals surface area contributed by atoms with Gasteiger partial charge in [0, 0.05) is 43.2 Å². The highest BCUT2D eigenvalue weighted by Gasteiger charge is 2.29. The molecular formula is C21H19N5O2. The molecule has 5 heterocycles. The van der Waals surface area contributed by atoms with Gasteiger partial charge in [-0.1, -0.05) is 0 Å². The quantitative estimate of drug-likeness (QED) is 0.550. The summed E-state index contributed by atoms with van der Waals surface area (Å²) >= 11 is 0. The summed E-state index contributed by atoms with van der Waals surface area (Å²) in [6.07, 6.45) is 8.96. The van der Waals surface area contributed by atoms with Gasteiger partial charge in [-0.25, -0.2) is 9.50 Å². The molecule has 4 aromatic heterocycles. The van der Waals surface area contributed by atoms with Crippen molar-refractivity contribution in [2.24, 2.45) is 0 Å². The molecule has 0 radical (unpaired) electrons. The first-order chi connectivity index (χ1) is 13.8. The Hall–Kier alpha value is -3.48. The Kier molecular flexibility index (Phi) is 4.12. The molecule has 5 rings (SSSR count). The number of aromatic nitrogens is 4. The molecule has 1 fully saturated rings. The average molecular weight is 373 g/mol. The van der Waals surface area contributed by atoms with Crippen LogP contribution in [-0.4, -0.2) is 43.5 Å². The van der Waals surface area contributed by atoms with Crippen molar-refractivity contribution in [1.29, 1.82) is 0 Å². The van der Waals surface area contributed by atoms with Crippen LogP contribution >= 0.6 is 0 Å². The Morgan fingerprint density at radius 2 is 2.00 bits per heavy atom. The summed E-state index contributed by atoms with van der Waals surface area (Å²) in [4.78, 5) is 23.2. The number of hydrogen-bond donors (Lipinski definition) is 0. The number of carbonyl (C=O) groups excluding carboxylic acids is 1. The highest BCUT2D eigenvalue weighted by molar-refractivity contribution is 5.91. The molecule has 0 spiro atoms. The molecule has 0 unspecified atom stereocenters. The SMILES string of the molecule is O=C(c1ccco1)N1CCC[C@@H](c2nc3ccc(-c4ccncc4)cn3n2)C1. The summed E-state index contributed by atoms with van der Waals surface area (Å²) in [6, 6.07) is 11.4. The van der Waals surface area contributed by atoms with Gasteiger partial charge in [-0.15, -0.1) is 0 Å². The van der Waals surface area contributed by atoms with Gasteiger partial charge in [0.2, 0.25) is 0 Å². The number of hydrogen-bond acceptors (Lipinski definition) is 5. The number of fused-ring (bicyclic) bond motifs is 1. The van der Waals surface area contributed by atoms with Crippen molar-refractivity contribution in [2.45, 2.75) is 18.8 Å². The first-order valence-corrected chi connectivity index (χ1v) is 9.37. The van der Waals surface area contributed by atoms with Crippen LogP contribution in [0.4, 0.5) is 0 Å². The van der Waals surface area contributed by atoms with Gasteiger partial charge in [-0.3, -0.25) is 9.78 Å². The number of furan rings is 1. The van der Waals surface area contributed by atoms with Crippen LogP contribution in [0.5, 0.6) is 0 Å². The number of nitrogens with zero attached hydrogens (tertiary/aromatic N) is 5. The van der Waals surface area contributed by atoms with Crippen molar-refractivity contribution in [3.05, 3.63) is 72.8 Å². The van der Waals surface area contributed by atoms with Gasteiger partial charge in [-0.2, -0.15) is 5.10 Å². The van der Waals surface area contributed by atoms with Crippen LogP contribution in [0, 0.1) is 0 Å². The normalized spacial score (nSPS) is 17.1. The summed E-state index contributed by atoms with van der Waals surface area (Å²) in [6.45, 7) is 1.34. The predicted octanol–water partition coefficient (Wildman–Crippen LogP) is 3.40. The molecule has 1 aliphatic rings. The lowest BCUT2D eigenvalue weighted by molar-refractivity contribution is 0.0672. The fraction of sp³-hybridized carbons (Fsp3) is 0.238. The Bertz CT molecular complexity index is 1100. The van der Waals surface area contributed by atoms with Crippen LogP contribution in [0.1, 0.15) is 35.1 Å². The number of amides is 1. The van der Waals surface area contributed by atoms with Crippen LogP contribution in [0.3, 0.4) is 0 Å². The lowest BCUT2D eigenvalue weighted by Gasteiger charge is -2.30. The maximum Gasteiger partial charge on any atom is 0.289 e. The van der Waals surface area contributed by atoms with E-state index < -0.39 is 0 Å². The first kappa shape index (κ1) is 16.7. The monoisotopic (exact) mass is 373 g/mol. The van der Waals surface area contributed by atoms with Crippen LogP contribution < -0.4 is 0 Å². The van der Waals surface area contributed by atoms with E-state index in [9.17, 15) is 4.79 Å². The molecule has 1 aliphatic heterocycles. The van der Waals surface area contributed by atoms with E-state index in [0.29, 0.717) is 12.3 Å². The van der Waals surface area contributed by atoms with Gasteiger partial charge in [0.25, 0.3) is 5.91 Å². The van der Waals surface area contributed by atoms with E-state index in [1.165, 1.54) is 6.26 Å². The summed E-state index contributed by atoms with van der Waals surface area (Å²) in [5.41, 5.74) is 2.95. The first-order valence-electron chi connectivity index (χ1n) is 9.37. The van der Waals surface area contributed by atoms with Gasteiger partial charge in [0.1, 0.15) is 0 Å². The largest absolute Gasteiger partial charge is 0.459 e. The fourth-order valence-electron chi connectivity index (χ4n) is 3.72. The van der Waals surface area contributed by atoms with Crippen LogP contribution in [0.15, 0.2) is 65.7 Å². The lowest BCUT2D eigenvalue weighted by atomic mass is 9.97. The molecule has 28 heavy (non-hydrogen) atoms. The zero-order chi connectivity index (χ0) is 18.9.